The summed E-state index contributed by atoms with van der Waals surface area (Å²) in [6.45, 7) is 1.72. The Bertz CT molecular complexity index is 1460. The zero-order valence-electron chi connectivity index (χ0n) is 16.9. The van der Waals surface area contributed by atoms with E-state index >= 15 is 0 Å². The lowest BCUT2D eigenvalue weighted by atomic mass is 10.0. The molecule has 4 aromatic heterocycles. The molecule has 0 saturated carbocycles. The smallest absolute Gasteiger partial charge is 0.315 e. The highest BCUT2D eigenvalue weighted by molar-refractivity contribution is 6.04. The zero-order valence-corrected chi connectivity index (χ0v) is 16.9. The lowest BCUT2D eigenvalue weighted by molar-refractivity contribution is 0.536. The Kier molecular flexibility index (Phi) is 3.97. The predicted molar refractivity (Wildman–Crippen MR) is 117 cm³/mol. The summed E-state index contributed by atoms with van der Waals surface area (Å²) >= 11 is 0. The number of benzene rings is 1. The average molecular weight is 412 g/mol. The first-order valence-electron chi connectivity index (χ1n) is 10.2. The van der Waals surface area contributed by atoms with E-state index in [1.807, 2.05) is 42.1 Å². The van der Waals surface area contributed by atoms with Crippen molar-refractivity contribution in [2.75, 3.05) is 13.1 Å². The van der Waals surface area contributed by atoms with Gasteiger partial charge in [-0.1, -0.05) is 11.3 Å². The quantitative estimate of drug-likeness (QED) is 0.487. The molecule has 1 aromatic carbocycles. The van der Waals surface area contributed by atoms with E-state index < -0.39 is 0 Å². The first-order chi connectivity index (χ1) is 15.2. The van der Waals surface area contributed by atoms with Gasteiger partial charge in [-0.15, -0.1) is 5.10 Å². The fourth-order valence-electron chi connectivity index (χ4n) is 4.43. The van der Waals surface area contributed by atoms with Gasteiger partial charge in [-0.25, -0.2) is 14.5 Å². The summed E-state index contributed by atoms with van der Waals surface area (Å²) in [4.78, 5) is 22.2. The molecule has 0 unspecified atom stereocenters. The number of fused-ring (bicyclic) bond motifs is 3. The van der Waals surface area contributed by atoms with Crippen LogP contribution in [0, 0.1) is 0 Å². The number of aryl methyl sites for hydroxylation is 1. The lowest BCUT2D eigenvalue weighted by Crippen LogP contribution is -2.27. The minimum Gasteiger partial charge on any atom is -0.315 e. The number of aromatic nitrogens is 7. The monoisotopic (exact) mass is 412 g/mol. The number of hydrogen-bond acceptors (Lipinski definition) is 6. The molecule has 0 spiro atoms. The third-order valence-corrected chi connectivity index (χ3v) is 6.05. The minimum absolute atomic E-state index is 0.00209. The van der Waals surface area contributed by atoms with Crippen LogP contribution in [-0.2, 0) is 7.05 Å². The molecule has 9 nitrogen and oxygen atoms in total. The van der Waals surface area contributed by atoms with E-state index in [0.717, 1.165) is 52.6 Å². The SMILES string of the molecule is Cn1c(=O)n([C@H]2CCNC2)c2c3cc(-c4ccc(-n5ccnn5)nc4)ccc3ncc21. The summed E-state index contributed by atoms with van der Waals surface area (Å²) in [6.07, 6.45) is 7.94. The first kappa shape index (κ1) is 18.0. The van der Waals surface area contributed by atoms with Gasteiger partial charge in [-0.05, 0) is 42.8 Å². The van der Waals surface area contributed by atoms with Crippen LogP contribution < -0.4 is 11.0 Å². The molecule has 9 heteroatoms. The molecule has 6 rings (SSSR count). The third kappa shape index (κ3) is 2.77. The van der Waals surface area contributed by atoms with Crippen molar-refractivity contribution >= 4 is 21.9 Å². The molecule has 154 valence electrons. The number of rotatable bonds is 3. The molecule has 1 aliphatic heterocycles. The maximum absolute atomic E-state index is 13.1. The van der Waals surface area contributed by atoms with Crippen molar-refractivity contribution in [1.29, 1.82) is 0 Å². The van der Waals surface area contributed by atoms with Gasteiger partial charge in [0.05, 0.1) is 41.2 Å². The maximum Gasteiger partial charge on any atom is 0.329 e. The summed E-state index contributed by atoms with van der Waals surface area (Å²) in [5, 5.41) is 12.1. The second-order valence-corrected chi connectivity index (χ2v) is 7.83. The van der Waals surface area contributed by atoms with Crippen LogP contribution in [0.4, 0.5) is 0 Å². The van der Waals surface area contributed by atoms with E-state index in [0.29, 0.717) is 5.82 Å². The van der Waals surface area contributed by atoms with Crippen molar-refractivity contribution in [1.82, 2.24) is 39.4 Å². The van der Waals surface area contributed by atoms with E-state index in [1.165, 1.54) is 0 Å². The molecule has 1 fully saturated rings. The van der Waals surface area contributed by atoms with Crippen LogP contribution in [0.2, 0.25) is 0 Å². The molecule has 0 radical (unpaired) electrons. The Morgan fingerprint density at radius 2 is 2.00 bits per heavy atom. The summed E-state index contributed by atoms with van der Waals surface area (Å²) in [5.41, 5.74) is 4.67. The summed E-state index contributed by atoms with van der Waals surface area (Å²) in [7, 11) is 1.81. The number of imidazole rings is 1. The molecule has 5 aromatic rings. The molecular formula is C22H20N8O. The Morgan fingerprint density at radius 3 is 2.74 bits per heavy atom. The van der Waals surface area contributed by atoms with Gasteiger partial charge in [0, 0.05) is 30.7 Å². The van der Waals surface area contributed by atoms with Gasteiger partial charge >= 0.3 is 5.69 Å². The van der Waals surface area contributed by atoms with Crippen LogP contribution in [0.3, 0.4) is 0 Å². The van der Waals surface area contributed by atoms with Crippen molar-refractivity contribution in [3.05, 3.63) is 65.6 Å². The highest BCUT2D eigenvalue weighted by Gasteiger charge is 2.24. The highest BCUT2D eigenvalue weighted by atomic mass is 16.1. The largest absolute Gasteiger partial charge is 0.329 e. The van der Waals surface area contributed by atoms with Gasteiger partial charge in [-0.2, -0.15) is 0 Å². The van der Waals surface area contributed by atoms with E-state index in [2.05, 4.69) is 31.7 Å². The normalized spacial score (nSPS) is 16.5. The fourth-order valence-corrected chi connectivity index (χ4v) is 4.43. The Hall–Kier alpha value is -3.85. The standard InChI is InChI=1S/C22H20N8O/c1-28-19-13-24-18-4-2-14(15-3-5-20(25-11-15)29-9-8-26-27-29)10-17(18)21(19)30(22(28)31)16-6-7-23-12-16/h2-5,8-11,13,16,23H,6-7,12H2,1H3/t16-/m0/s1. The van der Waals surface area contributed by atoms with Crippen molar-refractivity contribution < 1.29 is 0 Å². The molecule has 0 amide bonds. The van der Waals surface area contributed by atoms with Crippen molar-refractivity contribution in [2.24, 2.45) is 7.05 Å². The maximum atomic E-state index is 13.1. The van der Waals surface area contributed by atoms with Crippen LogP contribution in [-0.4, -0.2) is 47.2 Å². The lowest BCUT2D eigenvalue weighted by Gasteiger charge is -2.12. The van der Waals surface area contributed by atoms with Crippen LogP contribution in [0.1, 0.15) is 12.5 Å². The summed E-state index contributed by atoms with van der Waals surface area (Å²) in [6, 6.07) is 10.2. The number of nitrogens with zero attached hydrogens (tertiary/aromatic N) is 7. The van der Waals surface area contributed by atoms with Gasteiger partial charge in [0.2, 0.25) is 0 Å². The van der Waals surface area contributed by atoms with Crippen molar-refractivity contribution in [2.45, 2.75) is 12.5 Å². The molecule has 1 atom stereocenters. The van der Waals surface area contributed by atoms with E-state index in [1.54, 1.807) is 27.8 Å². The van der Waals surface area contributed by atoms with Crippen LogP contribution in [0.5, 0.6) is 0 Å². The predicted octanol–water partition coefficient (Wildman–Crippen LogP) is 2.07. The molecule has 1 N–H and O–H groups in total. The Morgan fingerprint density at radius 1 is 1.10 bits per heavy atom. The van der Waals surface area contributed by atoms with E-state index in [4.69, 9.17) is 0 Å². The van der Waals surface area contributed by atoms with E-state index in [9.17, 15) is 4.79 Å². The number of hydrogen-bond donors (Lipinski definition) is 1. The average Bonchev–Trinajstić information content (AvgIpc) is 3.56. The van der Waals surface area contributed by atoms with Gasteiger partial charge in [0.25, 0.3) is 0 Å². The topological polar surface area (TPSA) is 95.5 Å². The Balaban J connectivity index is 1.54. The van der Waals surface area contributed by atoms with Crippen molar-refractivity contribution in [3.63, 3.8) is 0 Å². The number of nitrogens with one attached hydrogen (secondary N) is 1. The molecule has 0 aliphatic carbocycles. The van der Waals surface area contributed by atoms with Gasteiger partial charge in [0.15, 0.2) is 5.82 Å². The van der Waals surface area contributed by atoms with Gasteiger partial charge in [-0.3, -0.25) is 14.1 Å². The van der Waals surface area contributed by atoms with Crippen LogP contribution >= 0.6 is 0 Å². The van der Waals surface area contributed by atoms with E-state index in [-0.39, 0.29) is 11.7 Å². The van der Waals surface area contributed by atoms with Crippen molar-refractivity contribution in [3.8, 4) is 16.9 Å². The second kappa shape index (κ2) is 6.85. The highest BCUT2D eigenvalue weighted by Crippen LogP contribution is 2.30. The fraction of sp³-hybridized carbons (Fsp3) is 0.227. The van der Waals surface area contributed by atoms with Gasteiger partial charge < -0.3 is 5.32 Å². The molecule has 0 bridgehead atoms. The van der Waals surface area contributed by atoms with Crippen LogP contribution in [0.25, 0.3) is 38.9 Å². The molecule has 1 aliphatic rings. The molecule has 5 heterocycles. The molecule has 1 saturated heterocycles. The summed E-state index contributed by atoms with van der Waals surface area (Å²) in [5.74, 6) is 0.705. The molecule has 31 heavy (non-hydrogen) atoms. The second-order valence-electron chi connectivity index (χ2n) is 7.83. The zero-order chi connectivity index (χ0) is 20.9. The molecular weight excluding hydrogens is 392 g/mol. The first-order valence-corrected chi connectivity index (χ1v) is 10.2. The summed E-state index contributed by atoms with van der Waals surface area (Å²) < 4.78 is 5.26. The third-order valence-electron chi connectivity index (χ3n) is 6.05. The minimum atomic E-state index is 0.00209. The van der Waals surface area contributed by atoms with Crippen LogP contribution in [0.15, 0.2) is 59.9 Å². The number of pyridine rings is 2. The van der Waals surface area contributed by atoms with Gasteiger partial charge in [0.1, 0.15) is 0 Å². The Labute approximate surface area is 177 Å².